The topological polar surface area (TPSA) is 75.6 Å². The largest absolute Gasteiger partial charge is 0.495 e. The van der Waals surface area contributed by atoms with Crippen LogP contribution in [0.3, 0.4) is 0 Å². The van der Waals surface area contributed by atoms with Crippen molar-refractivity contribution < 1.29 is 18.3 Å². The van der Waals surface area contributed by atoms with Crippen LogP contribution in [0.25, 0.3) is 0 Å². The molecule has 0 bridgehead atoms. The Morgan fingerprint density at radius 2 is 2.00 bits per heavy atom. The van der Waals surface area contributed by atoms with Crippen molar-refractivity contribution in [2.45, 2.75) is 49.5 Å². The van der Waals surface area contributed by atoms with Gasteiger partial charge < -0.3 is 9.84 Å². The summed E-state index contributed by atoms with van der Waals surface area (Å²) < 4.78 is 32.6. The Labute approximate surface area is 126 Å². The fourth-order valence-electron chi connectivity index (χ4n) is 2.67. The number of hydrogen-bond acceptors (Lipinski definition) is 4. The third kappa shape index (κ3) is 3.75. The van der Waals surface area contributed by atoms with E-state index in [1.807, 2.05) is 13.0 Å². The fraction of sp³-hybridized carbons (Fsp3) is 0.600. The second kappa shape index (κ2) is 6.34. The minimum absolute atomic E-state index is 0.0504. The maximum Gasteiger partial charge on any atom is 0.244 e. The second-order valence-corrected chi connectivity index (χ2v) is 7.33. The van der Waals surface area contributed by atoms with Crippen molar-refractivity contribution in [1.82, 2.24) is 4.72 Å². The molecule has 1 fully saturated rings. The highest BCUT2D eigenvalue weighted by Crippen LogP contribution is 2.30. The van der Waals surface area contributed by atoms with Gasteiger partial charge in [0.25, 0.3) is 0 Å². The standard InChI is InChI=1S/C15H23NO4S/c1-3-12-6-7-13(20-2)14(10-12)21(18,19)16-11-15(17)8-4-5-9-15/h6-7,10,16-17H,3-5,8-9,11H2,1-2H3. The molecule has 2 N–H and O–H groups in total. The highest BCUT2D eigenvalue weighted by molar-refractivity contribution is 7.89. The minimum Gasteiger partial charge on any atom is -0.495 e. The Hall–Kier alpha value is -1.11. The summed E-state index contributed by atoms with van der Waals surface area (Å²) in [5.41, 5.74) is 0.0126. The number of benzene rings is 1. The van der Waals surface area contributed by atoms with Crippen LogP contribution in [0.2, 0.25) is 0 Å². The summed E-state index contributed by atoms with van der Waals surface area (Å²) in [7, 11) is -2.25. The lowest BCUT2D eigenvalue weighted by Gasteiger charge is -2.22. The van der Waals surface area contributed by atoms with Crippen molar-refractivity contribution in [3.05, 3.63) is 23.8 Å². The van der Waals surface area contributed by atoms with Gasteiger partial charge in [0.2, 0.25) is 10.0 Å². The van der Waals surface area contributed by atoms with Gasteiger partial charge in [-0.05, 0) is 37.0 Å². The molecule has 0 aromatic heterocycles. The number of aryl methyl sites for hydroxylation is 1. The Morgan fingerprint density at radius 3 is 2.57 bits per heavy atom. The van der Waals surface area contributed by atoms with Gasteiger partial charge in [0.15, 0.2) is 0 Å². The first-order valence-corrected chi connectivity index (χ1v) is 8.77. The number of hydrogen-bond donors (Lipinski definition) is 2. The predicted octanol–water partition coefficient (Wildman–Crippen LogP) is 1.84. The molecule has 0 radical (unpaired) electrons. The highest BCUT2D eigenvalue weighted by atomic mass is 32.2. The highest BCUT2D eigenvalue weighted by Gasteiger charge is 2.33. The lowest BCUT2D eigenvalue weighted by Crippen LogP contribution is -2.40. The lowest BCUT2D eigenvalue weighted by molar-refractivity contribution is 0.0531. The Balaban J connectivity index is 2.22. The SMILES string of the molecule is CCc1ccc(OC)c(S(=O)(=O)NCC2(O)CCCC2)c1. The molecule has 0 spiro atoms. The molecule has 1 aliphatic rings. The average Bonchev–Trinajstić information content (AvgIpc) is 2.92. The first-order valence-electron chi connectivity index (χ1n) is 7.29. The normalized spacial score (nSPS) is 17.9. The second-order valence-electron chi connectivity index (χ2n) is 5.59. The van der Waals surface area contributed by atoms with Gasteiger partial charge in [0.05, 0.1) is 12.7 Å². The van der Waals surface area contributed by atoms with Gasteiger partial charge >= 0.3 is 0 Å². The van der Waals surface area contributed by atoms with E-state index in [1.54, 1.807) is 12.1 Å². The van der Waals surface area contributed by atoms with Crippen LogP contribution in [0.15, 0.2) is 23.1 Å². The molecule has 21 heavy (non-hydrogen) atoms. The van der Waals surface area contributed by atoms with Gasteiger partial charge in [0, 0.05) is 6.54 Å². The molecule has 2 rings (SSSR count). The van der Waals surface area contributed by atoms with Crippen LogP contribution in [0.5, 0.6) is 5.75 Å². The van der Waals surface area contributed by atoms with Gasteiger partial charge in [-0.1, -0.05) is 25.8 Å². The van der Waals surface area contributed by atoms with Crippen molar-refractivity contribution in [2.24, 2.45) is 0 Å². The van der Waals surface area contributed by atoms with Crippen molar-refractivity contribution >= 4 is 10.0 Å². The van der Waals surface area contributed by atoms with E-state index in [4.69, 9.17) is 4.74 Å². The molecule has 118 valence electrons. The molecule has 6 heteroatoms. The van der Waals surface area contributed by atoms with E-state index in [1.165, 1.54) is 7.11 Å². The van der Waals surface area contributed by atoms with Gasteiger partial charge in [-0.2, -0.15) is 0 Å². The van der Waals surface area contributed by atoms with Crippen LogP contribution >= 0.6 is 0 Å². The van der Waals surface area contributed by atoms with Crippen molar-refractivity contribution in [2.75, 3.05) is 13.7 Å². The molecule has 0 saturated heterocycles. The molecule has 1 aliphatic carbocycles. The smallest absolute Gasteiger partial charge is 0.244 e. The molecular weight excluding hydrogens is 290 g/mol. The number of nitrogens with one attached hydrogen (secondary N) is 1. The van der Waals surface area contributed by atoms with E-state index in [0.29, 0.717) is 18.6 Å². The summed E-state index contributed by atoms with van der Waals surface area (Å²) in [6, 6.07) is 5.14. The molecule has 0 heterocycles. The summed E-state index contributed by atoms with van der Waals surface area (Å²) in [6.45, 7) is 2.02. The first-order chi connectivity index (χ1) is 9.90. The summed E-state index contributed by atoms with van der Waals surface area (Å²) in [4.78, 5) is 0.131. The van der Waals surface area contributed by atoms with Gasteiger partial charge in [-0.15, -0.1) is 0 Å². The van der Waals surface area contributed by atoms with Crippen molar-refractivity contribution in [3.8, 4) is 5.75 Å². The van der Waals surface area contributed by atoms with E-state index >= 15 is 0 Å². The quantitative estimate of drug-likeness (QED) is 0.840. The lowest BCUT2D eigenvalue weighted by atomic mass is 10.0. The van der Waals surface area contributed by atoms with E-state index in [9.17, 15) is 13.5 Å². The molecule has 5 nitrogen and oxygen atoms in total. The van der Waals surface area contributed by atoms with Crippen LogP contribution in [0.1, 0.15) is 38.2 Å². The molecule has 0 aliphatic heterocycles. The van der Waals surface area contributed by atoms with Crippen LogP contribution in [-0.4, -0.2) is 32.8 Å². The van der Waals surface area contributed by atoms with Gasteiger partial charge in [-0.3, -0.25) is 0 Å². The zero-order chi connectivity index (χ0) is 15.5. The van der Waals surface area contributed by atoms with Crippen LogP contribution in [0, 0.1) is 0 Å². The monoisotopic (exact) mass is 313 g/mol. The van der Waals surface area contributed by atoms with Crippen LogP contribution in [-0.2, 0) is 16.4 Å². The molecule has 1 saturated carbocycles. The molecule has 0 unspecified atom stereocenters. The Morgan fingerprint density at radius 1 is 1.33 bits per heavy atom. The van der Waals surface area contributed by atoms with E-state index in [-0.39, 0.29) is 11.4 Å². The maximum absolute atomic E-state index is 12.5. The third-order valence-corrected chi connectivity index (χ3v) is 5.47. The first kappa shape index (κ1) is 16.3. The van der Waals surface area contributed by atoms with Crippen LogP contribution < -0.4 is 9.46 Å². The molecule has 1 aromatic carbocycles. The Kier molecular flexibility index (Phi) is 4.91. The molecule has 0 atom stereocenters. The Bertz CT molecular complexity index is 592. The molecule has 1 aromatic rings. The minimum atomic E-state index is -3.70. The van der Waals surface area contributed by atoms with Crippen molar-refractivity contribution in [1.29, 1.82) is 0 Å². The number of rotatable bonds is 6. The summed E-state index contributed by atoms with van der Waals surface area (Å²) in [6.07, 6.45) is 3.90. The van der Waals surface area contributed by atoms with Crippen LogP contribution in [0.4, 0.5) is 0 Å². The maximum atomic E-state index is 12.5. The van der Waals surface area contributed by atoms with E-state index in [2.05, 4.69) is 4.72 Å². The number of sulfonamides is 1. The fourth-order valence-corrected chi connectivity index (χ4v) is 4.00. The molecular formula is C15H23NO4S. The summed E-state index contributed by atoms with van der Waals surface area (Å²) in [5.74, 6) is 0.318. The number of methoxy groups -OCH3 is 1. The van der Waals surface area contributed by atoms with Crippen molar-refractivity contribution in [3.63, 3.8) is 0 Å². The van der Waals surface area contributed by atoms with E-state index < -0.39 is 15.6 Å². The zero-order valence-electron chi connectivity index (χ0n) is 12.6. The zero-order valence-corrected chi connectivity index (χ0v) is 13.4. The molecule has 0 amide bonds. The van der Waals surface area contributed by atoms with Gasteiger partial charge in [-0.25, -0.2) is 13.1 Å². The number of aliphatic hydroxyl groups is 1. The average molecular weight is 313 g/mol. The summed E-state index contributed by atoms with van der Waals surface area (Å²) >= 11 is 0. The number of ether oxygens (including phenoxy) is 1. The summed E-state index contributed by atoms with van der Waals surface area (Å²) in [5, 5.41) is 10.3. The third-order valence-electron chi connectivity index (χ3n) is 4.05. The predicted molar refractivity (Wildman–Crippen MR) is 81.0 cm³/mol. The van der Waals surface area contributed by atoms with Gasteiger partial charge in [0.1, 0.15) is 10.6 Å². The van der Waals surface area contributed by atoms with E-state index in [0.717, 1.165) is 24.8 Å².